The molecule has 0 aliphatic carbocycles. The van der Waals surface area contributed by atoms with Gasteiger partial charge in [0.2, 0.25) is 11.8 Å². The number of rotatable bonds is 6. The van der Waals surface area contributed by atoms with Gasteiger partial charge in [0, 0.05) is 44.7 Å². The van der Waals surface area contributed by atoms with E-state index >= 15 is 0 Å². The summed E-state index contributed by atoms with van der Waals surface area (Å²) >= 11 is 0. The third-order valence-corrected chi connectivity index (χ3v) is 7.03. The summed E-state index contributed by atoms with van der Waals surface area (Å²) in [5, 5.41) is 4.42. The Morgan fingerprint density at radius 1 is 1.06 bits per heavy atom. The van der Waals surface area contributed by atoms with E-state index in [1.165, 1.54) is 0 Å². The van der Waals surface area contributed by atoms with E-state index in [4.69, 9.17) is 4.74 Å². The number of nitrogens with zero attached hydrogens (tertiary/aromatic N) is 4. The van der Waals surface area contributed by atoms with Gasteiger partial charge in [-0.05, 0) is 56.7 Å². The Labute approximate surface area is 190 Å². The van der Waals surface area contributed by atoms with Crippen molar-refractivity contribution in [1.82, 2.24) is 19.6 Å². The van der Waals surface area contributed by atoms with E-state index in [-0.39, 0.29) is 11.8 Å². The maximum absolute atomic E-state index is 12.8. The summed E-state index contributed by atoms with van der Waals surface area (Å²) in [6.07, 6.45) is 1.95. The number of benzene rings is 1. The van der Waals surface area contributed by atoms with Gasteiger partial charge in [-0.25, -0.2) is 0 Å². The van der Waals surface area contributed by atoms with Gasteiger partial charge < -0.3 is 14.5 Å². The summed E-state index contributed by atoms with van der Waals surface area (Å²) in [6, 6.07) is 11.9. The molecule has 1 aromatic carbocycles. The standard InChI is InChI=1S/C25H34N4O3/c1-18-13-19(2)29(26-18)16-25(31)27-11-9-21(10-12-27)24-15-28(20(3)30)14-22(24)17-32-23-7-5-4-6-8-23/h4-8,13,21-22,24H,9-12,14-17H2,1-3H3/t22-,24-/m0/s1. The summed E-state index contributed by atoms with van der Waals surface area (Å²) in [6.45, 7) is 9.60. The lowest BCUT2D eigenvalue weighted by atomic mass is 9.78. The third kappa shape index (κ3) is 5.14. The summed E-state index contributed by atoms with van der Waals surface area (Å²) in [4.78, 5) is 28.8. The maximum Gasteiger partial charge on any atom is 0.244 e. The average Bonchev–Trinajstić information content (AvgIpc) is 3.36. The fourth-order valence-corrected chi connectivity index (χ4v) is 5.22. The van der Waals surface area contributed by atoms with Gasteiger partial charge in [0.05, 0.1) is 12.3 Å². The first-order valence-electron chi connectivity index (χ1n) is 11.6. The smallest absolute Gasteiger partial charge is 0.244 e. The van der Waals surface area contributed by atoms with Crippen molar-refractivity contribution < 1.29 is 14.3 Å². The van der Waals surface area contributed by atoms with Gasteiger partial charge in [-0.15, -0.1) is 0 Å². The van der Waals surface area contributed by atoms with Crippen LogP contribution in [0.25, 0.3) is 0 Å². The molecule has 172 valence electrons. The highest BCUT2D eigenvalue weighted by Crippen LogP contribution is 2.36. The summed E-state index contributed by atoms with van der Waals surface area (Å²) in [5.74, 6) is 2.38. The Bertz CT molecular complexity index is 934. The van der Waals surface area contributed by atoms with E-state index in [1.54, 1.807) is 11.6 Å². The molecule has 0 saturated carbocycles. The number of aromatic nitrogens is 2. The van der Waals surface area contributed by atoms with Crippen molar-refractivity contribution in [2.45, 2.75) is 40.2 Å². The van der Waals surface area contributed by atoms with Gasteiger partial charge >= 0.3 is 0 Å². The Kier molecular flexibility index (Phi) is 6.82. The van der Waals surface area contributed by atoms with Crippen LogP contribution >= 0.6 is 0 Å². The number of carbonyl (C=O) groups is 2. The molecule has 2 fully saturated rings. The number of piperidine rings is 1. The van der Waals surface area contributed by atoms with E-state index in [0.717, 1.165) is 56.2 Å². The number of ether oxygens (including phenoxy) is 1. The quantitative estimate of drug-likeness (QED) is 0.696. The van der Waals surface area contributed by atoms with E-state index in [9.17, 15) is 9.59 Å². The second-order valence-corrected chi connectivity index (χ2v) is 9.27. The van der Waals surface area contributed by atoms with Crippen molar-refractivity contribution in [2.24, 2.45) is 17.8 Å². The van der Waals surface area contributed by atoms with Gasteiger partial charge in [0.15, 0.2) is 0 Å². The molecule has 1 aromatic heterocycles. The van der Waals surface area contributed by atoms with Crippen LogP contribution < -0.4 is 4.74 Å². The van der Waals surface area contributed by atoms with E-state index in [2.05, 4.69) is 5.10 Å². The molecule has 2 aliphatic heterocycles. The fraction of sp³-hybridized carbons (Fsp3) is 0.560. The minimum absolute atomic E-state index is 0.134. The van der Waals surface area contributed by atoms with Crippen molar-refractivity contribution in [3.8, 4) is 5.75 Å². The van der Waals surface area contributed by atoms with Crippen LogP contribution in [0.15, 0.2) is 36.4 Å². The monoisotopic (exact) mass is 438 g/mol. The van der Waals surface area contributed by atoms with E-state index < -0.39 is 0 Å². The van der Waals surface area contributed by atoms with Gasteiger partial charge in [-0.1, -0.05) is 18.2 Å². The molecule has 7 heteroatoms. The zero-order chi connectivity index (χ0) is 22.7. The lowest BCUT2D eigenvalue weighted by Crippen LogP contribution is -2.43. The van der Waals surface area contributed by atoms with Gasteiger partial charge in [0.25, 0.3) is 0 Å². The maximum atomic E-state index is 12.8. The van der Waals surface area contributed by atoms with Crippen LogP contribution in [0.3, 0.4) is 0 Å². The van der Waals surface area contributed by atoms with Crippen molar-refractivity contribution >= 4 is 11.8 Å². The van der Waals surface area contributed by atoms with Gasteiger partial charge in [-0.2, -0.15) is 5.10 Å². The lowest BCUT2D eigenvalue weighted by molar-refractivity contribution is -0.133. The minimum atomic E-state index is 0.134. The van der Waals surface area contributed by atoms with Crippen LogP contribution in [0, 0.1) is 31.6 Å². The molecule has 0 bridgehead atoms. The first kappa shape index (κ1) is 22.4. The highest BCUT2D eigenvalue weighted by Gasteiger charge is 2.40. The van der Waals surface area contributed by atoms with Crippen LogP contribution in [0.4, 0.5) is 0 Å². The topological polar surface area (TPSA) is 67.7 Å². The largest absolute Gasteiger partial charge is 0.493 e. The molecule has 0 radical (unpaired) electrons. The zero-order valence-electron chi connectivity index (χ0n) is 19.4. The highest BCUT2D eigenvalue weighted by atomic mass is 16.5. The predicted molar refractivity (Wildman–Crippen MR) is 122 cm³/mol. The molecule has 7 nitrogen and oxygen atoms in total. The van der Waals surface area contributed by atoms with Crippen molar-refractivity contribution in [3.05, 3.63) is 47.8 Å². The van der Waals surface area contributed by atoms with Crippen LogP contribution in [0.1, 0.15) is 31.2 Å². The van der Waals surface area contributed by atoms with Crippen molar-refractivity contribution in [3.63, 3.8) is 0 Å². The van der Waals surface area contributed by atoms with Gasteiger partial charge in [-0.3, -0.25) is 14.3 Å². The highest BCUT2D eigenvalue weighted by molar-refractivity contribution is 5.76. The molecule has 0 spiro atoms. The number of hydrogen-bond acceptors (Lipinski definition) is 4. The average molecular weight is 439 g/mol. The Morgan fingerprint density at radius 2 is 1.78 bits per heavy atom. The zero-order valence-corrected chi connectivity index (χ0v) is 19.4. The number of para-hydroxylation sites is 1. The van der Waals surface area contributed by atoms with Crippen LogP contribution in [-0.4, -0.2) is 64.2 Å². The van der Waals surface area contributed by atoms with Crippen LogP contribution in [0.5, 0.6) is 5.75 Å². The van der Waals surface area contributed by atoms with Crippen molar-refractivity contribution in [2.75, 3.05) is 32.8 Å². The predicted octanol–water partition coefficient (Wildman–Crippen LogP) is 2.91. The molecule has 2 amide bonds. The lowest BCUT2D eigenvalue weighted by Gasteiger charge is -2.36. The number of hydrogen-bond donors (Lipinski definition) is 0. The molecule has 4 rings (SSSR count). The van der Waals surface area contributed by atoms with Gasteiger partial charge in [0.1, 0.15) is 12.3 Å². The minimum Gasteiger partial charge on any atom is -0.493 e. The molecule has 2 aromatic rings. The molecule has 2 atom stereocenters. The number of amides is 2. The summed E-state index contributed by atoms with van der Waals surface area (Å²) in [7, 11) is 0. The molecular formula is C25H34N4O3. The molecule has 32 heavy (non-hydrogen) atoms. The molecule has 0 unspecified atom stereocenters. The molecule has 3 heterocycles. The summed E-state index contributed by atoms with van der Waals surface area (Å²) < 4.78 is 7.86. The fourth-order valence-electron chi connectivity index (χ4n) is 5.22. The first-order chi connectivity index (χ1) is 15.4. The number of carbonyl (C=O) groups excluding carboxylic acids is 2. The van der Waals surface area contributed by atoms with Crippen LogP contribution in [0.2, 0.25) is 0 Å². The second kappa shape index (κ2) is 9.76. The Morgan fingerprint density at radius 3 is 2.41 bits per heavy atom. The van der Waals surface area contributed by atoms with E-state index in [1.807, 2.05) is 60.0 Å². The molecular weight excluding hydrogens is 404 g/mol. The molecule has 2 saturated heterocycles. The summed E-state index contributed by atoms with van der Waals surface area (Å²) in [5.41, 5.74) is 1.95. The Balaban J connectivity index is 1.34. The molecule has 2 aliphatic rings. The van der Waals surface area contributed by atoms with E-state index in [0.29, 0.717) is 30.9 Å². The Hall–Kier alpha value is -2.83. The van der Waals surface area contributed by atoms with Crippen molar-refractivity contribution in [1.29, 1.82) is 0 Å². The second-order valence-electron chi connectivity index (χ2n) is 9.27. The normalized spacial score (nSPS) is 21.7. The first-order valence-corrected chi connectivity index (χ1v) is 11.6. The third-order valence-electron chi connectivity index (χ3n) is 7.03. The molecule has 0 N–H and O–H groups in total. The SMILES string of the molecule is CC(=O)N1C[C@@H](COc2ccccc2)[C@H](C2CCN(C(=O)Cn3nc(C)cc3C)CC2)C1. The van der Waals surface area contributed by atoms with Crippen LogP contribution in [-0.2, 0) is 16.1 Å². The number of likely N-dealkylation sites (tertiary alicyclic amines) is 2. The number of aryl methyl sites for hydroxylation is 2.